The Kier molecular flexibility index (Phi) is 10.8. The number of hydrogen-bond donors (Lipinski definition) is 2. The van der Waals surface area contributed by atoms with Crippen molar-refractivity contribution in [3.63, 3.8) is 0 Å². The zero-order valence-corrected chi connectivity index (χ0v) is 25.0. The van der Waals surface area contributed by atoms with Crippen molar-refractivity contribution in [1.29, 1.82) is 0 Å². The Labute approximate surface area is 244 Å². The van der Waals surface area contributed by atoms with Crippen molar-refractivity contribution in [2.24, 2.45) is 0 Å². The van der Waals surface area contributed by atoms with Gasteiger partial charge in [0, 0.05) is 19.7 Å². The maximum absolute atomic E-state index is 13.8. The molecule has 3 aliphatic rings. The van der Waals surface area contributed by atoms with Crippen molar-refractivity contribution >= 4 is 24.8 Å². The molecule has 3 atom stereocenters. The van der Waals surface area contributed by atoms with Crippen molar-refractivity contribution < 1.29 is 33.2 Å². The first kappa shape index (κ1) is 31.5. The number of morpholine rings is 1. The molecule has 226 valence electrons. The Morgan fingerprint density at radius 2 is 1.66 bits per heavy atom. The molecule has 3 saturated heterocycles. The Hall–Kier alpha value is -2.47. The van der Waals surface area contributed by atoms with Crippen LogP contribution in [0.3, 0.4) is 0 Å². The molecule has 3 amide bonds. The lowest BCUT2D eigenvalue weighted by Crippen LogP contribution is -2.57. The van der Waals surface area contributed by atoms with Crippen LogP contribution in [0.5, 0.6) is 0 Å². The SMILES string of the molecule is CC1(C)OB([C@H](CCCc2ccccc2)NC(=O)[C@@H](CC(=O)N2CCOCC2)NC(=O)[C@@H]2CCCCO2)OC1(C)C. The number of aryl methyl sites for hydroxylation is 1. The fraction of sp³-hybridized carbons (Fsp3) is 0.700. The number of nitrogens with zero attached hydrogens (tertiary/aromatic N) is 1. The van der Waals surface area contributed by atoms with E-state index >= 15 is 0 Å². The van der Waals surface area contributed by atoms with Crippen molar-refractivity contribution in [2.45, 2.75) is 102 Å². The molecule has 4 rings (SSSR count). The number of ether oxygens (including phenoxy) is 2. The summed E-state index contributed by atoms with van der Waals surface area (Å²) in [7, 11) is -0.673. The van der Waals surface area contributed by atoms with E-state index in [4.69, 9.17) is 18.8 Å². The molecule has 0 aliphatic carbocycles. The van der Waals surface area contributed by atoms with Gasteiger partial charge in [0.1, 0.15) is 12.1 Å². The first-order valence-electron chi connectivity index (χ1n) is 15.0. The van der Waals surface area contributed by atoms with E-state index in [1.165, 1.54) is 5.56 Å². The highest BCUT2D eigenvalue weighted by atomic mass is 16.7. The minimum atomic E-state index is -1.05. The molecule has 0 unspecified atom stereocenters. The van der Waals surface area contributed by atoms with Gasteiger partial charge in [-0.25, -0.2) is 0 Å². The largest absolute Gasteiger partial charge is 0.481 e. The van der Waals surface area contributed by atoms with E-state index < -0.39 is 42.3 Å². The molecule has 3 aliphatic heterocycles. The molecular formula is C30H46BN3O7. The fourth-order valence-corrected chi connectivity index (χ4v) is 5.32. The van der Waals surface area contributed by atoms with Crippen LogP contribution in [0.4, 0.5) is 0 Å². The summed E-state index contributed by atoms with van der Waals surface area (Å²) in [5, 5.41) is 5.93. The third-order valence-corrected chi connectivity index (χ3v) is 8.60. The monoisotopic (exact) mass is 571 g/mol. The number of benzene rings is 1. The number of carbonyl (C=O) groups excluding carboxylic acids is 3. The summed E-state index contributed by atoms with van der Waals surface area (Å²) >= 11 is 0. The smallest absolute Gasteiger partial charge is 0.402 e. The van der Waals surface area contributed by atoms with E-state index in [2.05, 4.69) is 22.8 Å². The Bertz CT molecular complexity index is 978. The molecular weight excluding hydrogens is 525 g/mol. The van der Waals surface area contributed by atoms with Crippen LogP contribution in [-0.2, 0) is 39.6 Å². The predicted octanol–water partition coefficient (Wildman–Crippen LogP) is 2.43. The Morgan fingerprint density at radius 3 is 2.29 bits per heavy atom. The second-order valence-corrected chi connectivity index (χ2v) is 12.2. The molecule has 0 spiro atoms. The van der Waals surface area contributed by atoms with Crippen LogP contribution < -0.4 is 10.6 Å². The molecule has 3 heterocycles. The highest BCUT2D eigenvalue weighted by Gasteiger charge is 2.54. The lowest BCUT2D eigenvalue weighted by molar-refractivity contribution is -0.142. The molecule has 0 radical (unpaired) electrons. The number of hydrogen-bond acceptors (Lipinski definition) is 7. The lowest BCUT2D eigenvalue weighted by atomic mass is 9.75. The van der Waals surface area contributed by atoms with E-state index in [0.29, 0.717) is 45.8 Å². The quantitative estimate of drug-likeness (QED) is 0.392. The van der Waals surface area contributed by atoms with Gasteiger partial charge in [0.2, 0.25) is 17.7 Å². The maximum Gasteiger partial charge on any atom is 0.481 e. The van der Waals surface area contributed by atoms with Crippen LogP contribution in [0.25, 0.3) is 0 Å². The molecule has 0 bridgehead atoms. The Balaban J connectivity index is 1.48. The van der Waals surface area contributed by atoms with Gasteiger partial charge in [-0.05, 0) is 71.8 Å². The molecule has 11 heteroatoms. The summed E-state index contributed by atoms with van der Waals surface area (Å²) in [6, 6.07) is 9.12. The van der Waals surface area contributed by atoms with Gasteiger partial charge in [0.15, 0.2) is 0 Å². The van der Waals surface area contributed by atoms with Gasteiger partial charge in [-0.2, -0.15) is 0 Å². The van der Waals surface area contributed by atoms with Gasteiger partial charge in [-0.1, -0.05) is 30.3 Å². The van der Waals surface area contributed by atoms with Crippen LogP contribution in [0.1, 0.15) is 71.8 Å². The average molecular weight is 572 g/mol. The number of carbonyl (C=O) groups is 3. The molecule has 2 N–H and O–H groups in total. The van der Waals surface area contributed by atoms with E-state index in [1.54, 1.807) is 4.90 Å². The van der Waals surface area contributed by atoms with Crippen LogP contribution in [0, 0.1) is 0 Å². The van der Waals surface area contributed by atoms with E-state index in [0.717, 1.165) is 25.7 Å². The Morgan fingerprint density at radius 1 is 0.976 bits per heavy atom. The number of rotatable bonds is 11. The molecule has 1 aromatic carbocycles. The van der Waals surface area contributed by atoms with E-state index in [9.17, 15) is 14.4 Å². The highest BCUT2D eigenvalue weighted by molar-refractivity contribution is 6.48. The molecule has 0 aromatic heterocycles. The van der Waals surface area contributed by atoms with Gasteiger partial charge in [-0.15, -0.1) is 0 Å². The van der Waals surface area contributed by atoms with E-state index in [-0.39, 0.29) is 18.2 Å². The van der Waals surface area contributed by atoms with Crippen LogP contribution >= 0.6 is 0 Å². The summed E-state index contributed by atoms with van der Waals surface area (Å²) in [4.78, 5) is 41.8. The zero-order valence-electron chi connectivity index (χ0n) is 25.0. The predicted molar refractivity (Wildman–Crippen MR) is 155 cm³/mol. The zero-order chi connectivity index (χ0) is 29.5. The van der Waals surface area contributed by atoms with Crippen LogP contribution in [0.2, 0.25) is 0 Å². The third-order valence-electron chi connectivity index (χ3n) is 8.60. The standard InChI is InChI=1S/C30H46BN3O7/c1-29(2)30(3,4)41-31(40-29)25(15-10-13-22-11-6-5-7-12-22)33-27(36)23(21-26(35)34-16-19-38-20-17-34)32-28(37)24-14-8-9-18-39-24/h5-7,11-12,23-25H,8-10,13-21H2,1-4H3,(H,32,37)(H,33,36)/t23-,24+,25+/m1/s1. The normalized spacial score (nSPS) is 23.5. The van der Waals surface area contributed by atoms with Crippen molar-refractivity contribution in [3.05, 3.63) is 35.9 Å². The average Bonchev–Trinajstić information content (AvgIpc) is 3.19. The van der Waals surface area contributed by atoms with Crippen molar-refractivity contribution in [1.82, 2.24) is 15.5 Å². The summed E-state index contributed by atoms with van der Waals surface area (Å²) in [5.74, 6) is -1.48. The fourth-order valence-electron chi connectivity index (χ4n) is 5.32. The van der Waals surface area contributed by atoms with Gasteiger partial charge < -0.3 is 34.3 Å². The van der Waals surface area contributed by atoms with Gasteiger partial charge in [-0.3, -0.25) is 14.4 Å². The first-order valence-corrected chi connectivity index (χ1v) is 15.0. The number of amides is 3. The molecule has 1 aromatic rings. The van der Waals surface area contributed by atoms with Crippen molar-refractivity contribution in [2.75, 3.05) is 32.9 Å². The van der Waals surface area contributed by atoms with Crippen molar-refractivity contribution in [3.8, 4) is 0 Å². The van der Waals surface area contributed by atoms with Gasteiger partial charge >= 0.3 is 7.12 Å². The summed E-state index contributed by atoms with van der Waals surface area (Å²) in [6.07, 6.45) is 3.83. The van der Waals surface area contributed by atoms with Gasteiger partial charge in [0.25, 0.3) is 0 Å². The van der Waals surface area contributed by atoms with E-state index in [1.807, 2.05) is 45.9 Å². The molecule has 41 heavy (non-hydrogen) atoms. The third kappa shape index (κ3) is 8.53. The summed E-state index contributed by atoms with van der Waals surface area (Å²) < 4.78 is 23.7. The second-order valence-electron chi connectivity index (χ2n) is 12.2. The molecule has 3 fully saturated rings. The maximum atomic E-state index is 13.8. The summed E-state index contributed by atoms with van der Waals surface area (Å²) in [6.45, 7) is 10.2. The highest BCUT2D eigenvalue weighted by Crippen LogP contribution is 2.38. The summed E-state index contributed by atoms with van der Waals surface area (Å²) in [5.41, 5.74) is 0.0663. The minimum absolute atomic E-state index is 0.148. The first-order chi connectivity index (χ1) is 19.6. The van der Waals surface area contributed by atoms with Crippen LogP contribution in [0.15, 0.2) is 30.3 Å². The topological polar surface area (TPSA) is 115 Å². The molecule has 0 saturated carbocycles. The lowest BCUT2D eigenvalue weighted by Gasteiger charge is -2.32. The molecule has 10 nitrogen and oxygen atoms in total. The second kappa shape index (κ2) is 14.1. The van der Waals surface area contributed by atoms with Gasteiger partial charge in [0.05, 0.1) is 36.8 Å². The minimum Gasteiger partial charge on any atom is -0.402 e. The van der Waals surface area contributed by atoms with Crippen LogP contribution in [-0.4, -0.2) is 91.9 Å². The number of nitrogens with one attached hydrogen (secondary N) is 2.